The number of nitrogens with one attached hydrogen (secondary N) is 3. The summed E-state index contributed by atoms with van der Waals surface area (Å²) in [6.07, 6.45) is 1.68. The highest BCUT2D eigenvalue weighted by atomic mass is 32.1. The van der Waals surface area contributed by atoms with Crippen LogP contribution in [0.1, 0.15) is 11.5 Å². The summed E-state index contributed by atoms with van der Waals surface area (Å²) in [5.74, 6) is 0.657. The lowest BCUT2D eigenvalue weighted by atomic mass is 10.4. The van der Waals surface area contributed by atoms with Crippen LogP contribution < -0.4 is 10.6 Å². The third-order valence-corrected chi connectivity index (χ3v) is 3.44. The number of aryl methyl sites for hydroxylation is 1. The van der Waals surface area contributed by atoms with Gasteiger partial charge < -0.3 is 10.3 Å². The summed E-state index contributed by atoms with van der Waals surface area (Å²) in [5.41, 5.74) is 2.37. The summed E-state index contributed by atoms with van der Waals surface area (Å²) in [5, 5.41) is 7.83. The number of hydrogen-bond acceptors (Lipinski definition) is 5. The molecule has 7 nitrogen and oxygen atoms in total. The fraction of sp³-hybridized carbons (Fsp3) is 0.167. The Balaban J connectivity index is 1.59. The molecule has 3 aromatic heterocycles. The third kappa shape index (κ3) is 2.75. The number of aromatic amines is 1. The monoisotopic (exact) mass is 288 g/mol. The Morgan fingerprint density at radius 1 is 1.45 bits per heavy atom. The first-order chi connectivity index (χ1) is 9.70. The minimum atomic E-state index is -0.312. The van der Waals surface area contributed by atoms with Crippen LogP contribution in [0.25, 0.3) is 11.2 Å². The van der Waals surface area contributed by atoms with Crippen LogP contribution in [0.4, 0.5) is 9.93 Å². The molecular formula is C12H12N6OS. The number of carbonyl (C=O) groups excluding carboxylic acids is 1. The van der Waals surface area contributed by atoms with E-state index in [1.165, 1.54) is 11.3 Å². The molecule has 20 heavy (non-hydrogen) atoms. The van der Waals surface area contributed by atoms with Gasteiger partial charge in [0.05, 0.1) is 17.8 Å². The van der Waals surface area contributed by atoms with Crippen molar-refractivity contribution in [1.82, 2.24) is 25.3 Å². The van der Waals surface area contributed by atoms with Crippen molar-refractivity contribution >= 4 is 33.7 Å². The van der Waals surface area contributed by atoms with Crippen LogP contribution in [0.5, 0.6) is 0 Å². The summed E-state index contributed by atoms with van der Waals surface area (Å²) >= 11 is 1.39. The number of anilines is 1. The number of rotatable bonds is 3. The van der Waals surface area contributed by atoms with E-state index in [0.717, 1.165) is 11.2 Å². The molecule has 102 valence electrons. The maximum atomic E-state index is 11.7. The molecule has 0 atom stereocenters. The van der Waals surface area contributed by atoms with Gasteiger partial charge in [-0.1, -0.05) is 0 Å². The molecule has 0 spiro atoms. The zero-order valence-electron chi connectivity index (χ0n) is 10.7. The van der Waals surface area contributed by atoms with Crippen LogP contribution in [-0.2, 0) is 6.54 Å². The van der Waals surface area contributed by atoms with Crippen molar-refractivity contribution in [3.05, 3.63) is 35.2 Å². The molecule has 0 aliphatic heterocycles. The minimum absolute atomic E-state index is 0.298. The summed E-state index contributed by atoms with van der Waals surface area (Å²) < 4.78 is 0. The van der Waals surface area contributed by atoms with E-state index < -0.39 is 0 Å². The van der Waals surface area contributed by atoms with Gasteiger partial charge in [0.2, 0.25) is 0 Å². The summed E-state index contributed by atoms with van der Waals surface area (Å²) in [4.78, 5) is 27.3. The maximum absolute atomic E-state index is 11.7. The Morgan fingerprint density at radius 2 is 2.35 bits per heavy atom. The van der Waals surface area contributed by atoms with E-state index in [1.807, 2.05) is 24.4 Å². The Hall–Kier alpha value is -2.48. The molecule has 2 amide bonds. The zero-order valence-corrected chi connectivity index (χ0v) is 11.5. The number of imidazole rings is 1. The van der Waals surface area contributed by atoms with Gasteiger partial charge in [0.15, 0.2) is 10.8 Å². The van der Waals surface area contributed by atoms with Crippen LogP contribution in [0.3, 0.4) is 0 Å². The van der Waals surface area contributed by atoms with Crippen molar-refractivity contribution in [2.45, 2.75) is 13.5 Å². The van der Waals surface area contributed by atoms with E-state index in [0.29, 0.717) is 23.1 Å². The first-order valence-electron chi connectivity index (χ1n) is 5.97. The van der Waals surface area contributed by atoms with Crippen molar-refractivity contribution in [3.8, 4) is 0 Å². The molecule has 0 fully saturated rings. The quantitative estimate of drug-likeness (QED) is 0.687. The molecule has 3 heterocycles. The first kappa shape index (κ1) is 12.5. The van der Waals surface area contributed by atoms with E-state index in [1.54, 1.807) is 6.20 Å². The zero-order chi connectivity index (χ0) is 13.9. The second kappa shape index (κ2) is 5.25. The van der Waals surface area contributed by atoms with Gasteiger partial charge in [0.25, 0.3) is 0 Å². The Bertz CT molecular complexity index is 716. The molecular weight excluding hydrogens is 276 g/mol. The van der Waals surface area contributed by atoms with Gasteiger partial charge in [0.1, 0.15) is 5.82 Å². The summed E-state index contributed by atoms with van der Waals surface area (Å²) in [7, 11) is 0. The van der Waals surface area contributed by atoms with Gasteiger partial charge in [-0.3, -0.25) is 5.32 Å². The van der Waals surface area contributed by atoms with Gasteiger partial charge in [-0.15, -0.1) is 11.3 Å². The molecule has 3 N–H and O–H groups in total. The lowest BCUT2D eigenvalue weighted by Crippen LogP contribution is -2.28. The second-order valence-electron chi connectivity index (χ2n) is 4.16. The van der Waals surface area contributed by atoms with Gasteiger partial charge in [-0.05, 0) is 19.1 Å². The van der Waals surface area contributed by atoms with E-state index in [9.17, 15) is 4.79 Å². The van der Waals surface area contributed by atoms with E-state index in [4.69, 9.17) is 0 Å². The average molecular weight is 288 g/mol. The Labute approximate surface area is 118 Å². The highest BCUT2D eigenvalue weighted by Gasteiger charge is 2.07. The predicted molar refractivity (Wildman–Crippen MR) is 76.6 cm³/mol. The highest BCUT2D eigenvalue weighted by Crippen LogP contribution is 2.14. The molecule has 0 saturated carbocycles. The molecule has 0 bridgehead atoms. The van der Waals surface area contributed by atoms with Crippen molar-refractivity contribution in [2.24, 2.45) is 0 Å². The normalized spacial score (nSPS) is 10.7. The summed E-state index contributed by atoms with van der Waals surface area (Å²) in [6, 6.07) is 3.40. The molecule has 0 unspecified atom stereocenters. The number of pyridine rings is 1. The average Bonchev–Trinajstić information content (AvgIpc) is 3.02. The third-order valence-electron chi connectivity index (χ3n) is 2.56. The number of aromatic nitrogens is 4. The van der Waals surface area contributed by atoms with E-state index in [-0.39, 0.29) is 6.03 Å². The number of fused-ring (bicyclic) bond motifs is 1. The fourth-order valence-electron chi connectivity index (χ4n) is 1.70. The smallest absolute Gasteiger partial charge is 0.321 e. The molecule has 3 rings (SSSR count). The SMILES string of the molecule is Cc1csc(NC(=O)NCc2nc3ncccc3[nH]2)n1. The Morgan fingerprint density at radius 3 is 3.10 bits per heavy atom. The molecule has 0 aromatic carbocycles. The number of H-pyrrole nitrogens is 1. The molecule has 0 aliphatic rings. The van der Waals surface area contributed by atoms with Crippen LogP contribution in [0.15, 0.2) is 23.7 Å². The van der Waals surface area contributed by atoms with Crippen LogP contribution >= 0.6 is 11.3 Å². The molecule has 0 radical (unpaired) electrons. The molecule has 0 aliphatic carbocycles. The van der Waals surface area contributed by atoms with Crippen LogP contribution in [0.2, 0.25) is 0 Å². The van der Waals surface area contributed by atoms with Crippen molar-refractivity contribution in [1.29, 1.82) is 0 Å². The van der Waals surface area contributed by atoms with Gasteiger partial charge in [-0.2, -0.15) is 0 Å². The van der Waals surface area contributed by atoms with Gasteiger partial charge in [0, 0.05) is 11.6 Å². The molecule has 8 heteroatoms. The van der Waals surface area contributed by atoms with Crippen LogP contribution in [-0.4, -0.2) is 26.0 Å². The van der Waals surface area contributed by atoms with Gasteiger partial charge >= 0.3 is 6.03 Å². The van der Waals surface area contributed by atoms with Crippen molar-refractivity contribution in [2.75, 3.05) is 5.32 Å². The second-order valence-corrected chi connectivity index (χ2v) is 5.02. The first-order valence-corrected chi connectivity index (χ1v) is 6.85. The fourth-order valence-corrected chi connectivity index (χ4v) is 2.38. The molecule has 3 aromatic rings. The topological polar surface area (TPSA) is 95.6 Å². The Kier molecular flexibility index (Phi) is 3.30. The number of nitrogens with zero attached hydrogens (tertiary/aromatic N) is 3. The number of thiazole rings is 1. The lowest BCUT2D eigenvalue weighted by molar-refractivity contribution is 0.251. The number of carbonyl (C=O) groups is 1. The summed E-state index contributed by atoms with van der Waals surface area (Å²) in [6.45, 7) is 2.17. The van der Waals surface area contributed by atoms with Crippen molar-refractivity contribution < 1.29 is 4.79 Å². The standard InChI is InChI=1S/C12H12N6OS/c1-7-6-20-12(15-7)18-11(19)14-5-9-16-8-3-2-4-13-10(8)17-9/h2-4,6H,5H2,1H3,(H,13,16,17)(H2,14,15,18,19). The maximum Gasteiger partial charge on any atom is 0.321 e. The molecule has 0 saturated heterocycles. The van der Waals surface area contributed by atoms with Gasteiger partial charge in [-0.25, -0.2) is 19.7 Å². The number of amides is 2. The number of urea groups is 1. The highest BCUT2D eigenvalue weighted by molar-refractivity contribution is 7.13. The number of hydrogen-bond donors (Lipinski definition) is 3. The van der Waals surface area contributed by atoms with Crippen molar-refractivity contribution in [3.63, 3.8) is 0 Å². The predicted octanol–water partition coefficient (Wildman–Crippen LogP) is 2.04. The lowest BCUT2D eigenvalue weighted by Gasteiger charge is -2.02. The minimum Gasteiger partial charge on any atom is -0.339 e. The van der Waals surface area contributed by atoms with Crippen LogP contribution in [0, 0.1) is 6.92 Å². The van der Waals surface area contributed by atoms with E-state index in [2.05, 4.69) is 30.6 Å². The van der Waals surface area contributed by atoms with E-state index >= 15 is 0 Å². The largest absolute Gasteiger partial charge is 0.339 e.